The van der Waals surface area contributed by atoms with Crippen molar-refractivity contribution in [2.45, 2.75) is 24.4 Å². The van der Waals surface area contributed by atoms with E-state index >= 15 is 0 Å². The molecular formula is C17H17N5O5. The summed E-state index contributed by atoms with van der Waals surface area (Å²) in [6.45, 7) is -0.461. The van der Waals surface area contributed by atoms with Gasteiger partial charge in [-0.15, -0.1) is 0 Å². The average molecular weight is 371 g/mol. The molecule has 3 aromatic rings. The van der Waals surface area contributed by atoms with Gasteiger partial charge in [-0.2, -0.15) is 0 Å². The van der Waals surface area contributed by atoms with E-state index in [1.807, 2.05) is 0 Å². The molecule has 0 aliphatic carbocycles. The summed E-state index contributed by atoms with van der Waals surface area (Å²) in [5.41, 5.74) is 1.12. The summed E-state index contributed by atoms with van der Waals surface area (Å²) in [6, 6.07) is 8.60. The molecule has 1 amide bonds. The Bertz CT molecular complexity index is 963. The zero-order valence-electron chi connectivity index (χ0n) is 14.0. The number of anilines is 1. The van der Waals surface area contributed by atoms with Gasteiger partial charge in [0.25, 0.3) is 5.91 Å². The number of nitrogens with zero attached hydrogens (tertiary/aromatic N) is 3. The quantitative estimate of drug-likeness (QED) is 0.421. The Hall–Kier alpha value is -2.92. The topological polar surface area (TPSA) is 153 Å². The highest BCUT2D eigenvalue weighted by Gasteiger charge is 2.44. The first-order chi connectivity index (χ1) is 13.1. The molecule has 4 rings (SSSR count). The van der Waals surface area contributed by atoms with Crippen LogP contribution in [0.2, 0.25) is 0 Å². The number of hydrogen-bond acceptors (Lipinski definition) is 8. The molecule has 3 heterocycles. The molecule has 1 aromatic carbocycles. The molecule has 4 atom stereocenters. The van der Waals surface area contributed by atoms with E-state index in [1.54, 1.807) is 30.3 Å². The zero-order chi connectivity index (χ0) is 19.0. The summed E-state index contributed by atoms with van der Waals surface area (Å²) in [5, 5.41) is 32.1. The second-order valence-corrected chi connectivity index (χ2v) is 6.11. The van der Waals surface area contributed by atoms with Crippen molar-refractivity contribution in [3.05, 3.63) is 48.0 Å². The van der Waals surface area contributed by atoms with Crippen LogP contribution in [0, 0.1) is 0 Å². The molecule has 0 spiro atoms. The molecular weight excluding hydrogens is 354 g/mol. The molecule has 0 unspecified atom stereocenters. The van der Waals surface area contributed by atoms with Crippen molar-refractivity contribution in [1.29, 1.82) is 0 Å². The first-order valence-corrected chi connectivity index (χ1v) is 8.28. The van der Waals surface area contributed by atoms with E-state index in [1.165, 1.54) is 6.33 Å². The zero-order valence-corrected chi connectivity index (χ0v) is 14.0. The Morgan fingerprint density at radius 3 is 2.67 bits per heavy atom. The van der Waals surface area contributed by atoms with E-state index < -0.39 is 31.0 Å². The van der Waals surface area contributed by atoms with Gasteiger partial charge in [-0.1, -0.05) is 18.2 Å². The van der Waals surface area contributed by atoms with Crippen molar-refractivity contribution in [2.75, 3.05) is 11.9 Å². The van der Waals surface area contributed by atoms with Gasteiger partial charge in [0.1, 0.15) is 29.9 Å². The second kappa shape index (κ2) is 7.00. The van der Waals surface area contributed by atoms with E-state index in [0.29, 0.717) is 11.1 Å². The maximum atomic E-state index is 12.5. The molecule has 1 fully saturated rings. The number of benzene rings is 1. The lowest BCUT2D eigenvalue weighted by molar-refractivity contribution is -0.0251. The molecule has 5 N–H and O–H groups in total. The van der Waals surface area contributed by atoms with Gasteiger partial charge >= 0.3 is 0 Å². The number of amides is 1. The minimum absolute atomic E-state index is 0.0421. The van der Waals surface area contributed by atoms with Crippen LogP contribution in [0.5, 0.6) is 0 Å². The van der Waals surface area contributed by atoms with Crippen LogP contribution >= 0.6 is 0 Å². The van der Waals surface area contributed by atoms with Gasteiger partial charge in [0, 0.05) is 5.56 Å². The summed E-state index contributed by atoms with van der Waals surface area (Å²) in [7, 11) is 0. The lowest BCUT2D eigenvalue weighted by Gasteiger charge is -2.14. The maximum Gasteiger partial charge on any atom is 0.256 e. The van der Waals surface area contributed by atoms with Crippen molar-refractivity contribution >= 4 is 22.9 Å². The van der Waals surface area contributed by atoms with Crippen LogP contribution < -0.4 is 5.32 Å². The monoisotopic (exact) mass is 371 g/mol. The molecule has 140 valence electrons. The van der Waals surface area contributed by atoms with Crippen molar-refractivity contribution < 1.29 is 24.9 Å². The largest absolute Gasteiger partial charge is 0.394 e. The highest BCUT2D eigenvalue weighted by molar-refractivity contribution is 6.06. The third kappa shape index (κ3) is 3.15. The van der Waals surface area contributed by atoms with Crippen molar-refractivity contribution in [1.82, 2.24) is 19.9 Å². The van der Waals surface area contributed by atoms with Crippen LogP contribution in [0.1, 0.15) is 22.3 Å². The first-order valence-electron chi connectivity index (χ1n) is 8.28. The number of rotatable bonds is 4. The highest BCUT2D eigenvalue weighted by atomic mass is 16.6. The van der Waals surface area contributed by atoms with Gasteiger partial charge in [-0.3, -0.25) is 4.79 Å². The number of aromatic nitrogens is 4. The molecule has 0 saturated carbocycles. The van der Waals surface area contributed by atoms with Crippen LogP contribution in [0.4, 0.5) is 5.82 Å². The van der Waals surface area contributed by atoms with E-state index in [-0.39, 0.29) is 23.2 Å². The lowest BCUT2D eigenvalue weighted by atomic mass is 10.1. The van der Waals surface area contributed by atoms with Crippen LogP contribution in [-0.2, 0) is 4.74 Å². The third-order valence-electron chi connectivity index (χ3n) is 4.37. The molecule has 0 bridgehead atoms. The number of ether oxygens (including phenoxy) is 1. The van der Waals surface area contributed by atoms with Crippen molar-refractivity contribution in [3.8, 4) is 0 Å². The SMILES string of the molecule is O=C(Nc1nc([C@@H]2O[C@H](CO)[C@@H](O)[C@@H]2O)nc2nc[nH]c12)c1ccccc1. The van der Waals surface area contributed by atoms with Gasteiger partial charge in [0.15, 0.2) is 17.3 Å². The van der Waals surface area contributed by atoms with Gasteiger partial charge in [-0.25, -0.2) is 15.0 Å². The molecule has 1 aliphatic rings. The standard InChI is InChI=1S/C17H17N5O5/c23-6-9-11(24)12(25)13(27-9)16-20-14-10(18-7-19-14)15(21-16)22-17(26)8-4-2-1-3-5-8/h1-5,7,9,11-13,23-25H,6H2,(H2,18,19,20,21,22,26)/t9-,11-,12+,13-/m1/s1. The normalized spacial score (nSPS) is 25.0. The minimum atomic E-state index is -1.32. The number of aromatic amines is 1. The maximum absolute atomic E-state index is 12.5. The van der Waals surface area contributed by atoms with Gasteiger partial charge < -0.3 is 30.4 Å². The molecule has 10 heteroatoms. The number of carbonyl (C=O) groups is 1. The van der Waals surface area contributed by atoms with E-state index in [2.05, 4.69) is 25.3 Å². The molecule has 0 radical (unpaired) electrons. The number of nitrogens with one attached hydrogen (secondary N) is 2. The Kier molecular flexibility index (Phi) is 4.54. The van der Waals surface area contributed by atoms with Gasteiger partial charge in [-0.05, 0) is 12.1 Å². The van der Waals surface area contributed by atoms with Crippen molar-refractivity contribution in [3.63, 3.8) is 0 Å². The highest BCUT2D eigenvalue weighted by Crippen LogP contribution is 2.33. The van der Waals surface area contributed by atoms with Gasteiger partial charge in [0.05, 0.1) is 12.9 Å². The number of carbonyl (C=O) groups excluding carboxylic acids is 1. The Labute approximate surface area is 152 Å². The summed E-state index contributed by atoms with van der Waals surface area (Å²) >= 11 is 0. The van der Waals surface area contributed by atoms with Crippen LogP contribution in [0.15, 0.2) is 36.7 Å². The van der Waals surface area contributed by atoms with E-state index in [9.17, 15) is 20.1 Å². The molecule has 1 saturated heterocycles. The van der Waals surface area contributed by atoms with Gasteiger partial charge in [0.2, 0.25) is 0 Å². The number of fused-ring (bicyclic) bond motifs is 1. The molecule has 10 nitrogen and oxygen atoms in total. The summed E-state index contributed by atoms with van der Waals surface area (Å²) < 4.78 is 5.47. The van der Waals surface area contributed by atoms with E-state index in [4.69, 9.17) is 4.74 Å². The summed E-state index contributed by atoms with van der Waals surface area (Å²) in [4.78, 5) is 27.9. The lowest BCUT2D eigenvalue weighted by Crippen LogP contribution is -2.32. The Morgan fingerprint density at radius 1 is 1.19 bits per heavy atom. The minimum Gasteiger partial charge on any atom is -0.394 e. The number of H-pyrrole nitrogens is 1. The Balaban J connectivity index is 1.69. The first kappa shape index (κ1) is 17.5. The van der Waals surface area contributed by atoms with Crippen LogP contribution in [0.3, 0.4) is 0 Å². The summed E-state index contributed by atoms with van der Waals surface area (Å²) in [6.07, 6.45) is -3.22. The number of hydrogen-bond donors (Lipinski definition) is 5. The second-order valence-electron chi connectivity index (χ2n) is 6.11. The average Bonchev–Trinajstić information content (AvgIpc) is 3.27. The predicted molar refractivity (Wildman–Crippen MR) is 92.8 cm³/mol. The van der Waals surface area contributed by atoms with Crippen LogP contribution in [0.25, 0.3) is 11.2 Å². The fourth-order valence-corrected chi connectivity index (χ4v) is 2.95. The molecule has 2 aromatic heterocycles. The van der Waals surface area contributed by atoms with Crippen molar-refractivity contribution in [2.24, 2.45) is 0 Å². The fourth-order valence-electron chi connectivity index (χ4n) is 2.95. The fraction of sp³-hybridized carbons (Fsp3) is 0.294. The molecule has 1 aliphatic heterocycles. The smallest absolute Gasteiger partial charge is 0.256 e. The Morgan fingerprint density at radius 2 is 1.96 bits per heavy atom. The number of imidazole rings is 1. The third-order valence-corrected chi connectivity index (χ3v) is 4.37. The van der Waals surface area contributed by atoms with E-state index in [0.717, 1.165) is 0 Å². The summed E-state index contributed by atoms with van der Waals surface area (Å²) in [5.74, 6) is -0.170. The number of aliphatic hydroxyl groups excluding tert-OH is 3. The molecule has 27 heavy (non-hydrogen) atoms. The van der Waals surface area contributed by atoms with Crippen LogP contribution in [-0.4, -0.2) is 66.1 Å². The number of aliphatic hydroxyl groups is 3. The predicted octanol–water partition coefficient (Wildman–Crippen LogP) is -0.241.